The molecule has 0 aliphatic heterocycles. The molecule has 94 valence electrons. The molecule has 2 aromatic rings. The van der Waals surface area contributed by atoms with Crippen LogP contribution in [0.2, 0.25) is 0 Å². The number of nitrogens with zero attached hydrogens (tertiary/aromatic N) is 1. The normalized spacial score (nSPS) is 10.3. The lowest BCUT2D eigenvalue weighted by molar-refractivity contribution is 0.0953. The van der Waals surface area contributed by atoms with Gasteiger partial charge in [-0.3, -0.25) is 4.79 Å². The Morgan fingerprint density at radius 2 is 2.28 bits per heavy atom. The molecule has 0 radical (unpaired) electrons. The summed E-state index contributed by atoms with van der Waals surface area (Å²) in [5, 5.41) is 6.51. The van der Waals surface area contributed by atoms with Crippen molar-refractivity contribution >= 4 is 5.91 Å². The summed E-state index contributed by atoms with van der Waals surface area (Å²) < 4.78 is 17.8. The van der Waals surface area contributed by atoms with Crippen LogP contribution in [-0.4, -0.2) is 17.6 Å². The molecule has 5 heteroatoms. The molecule has 2 rings (SSSR count). The van der Waals surface area contributed by atoms with E-state index in [4.69, 9.17) is 4.52 Å². The zero-order valence-electron chi connectivity index (χ0n) is 9.94. The van der Waals surface area contributed by atoms with E-state index in [1.165, 1.54) is 18.2 Å². The first-order chi connectivity index (χ1) is 8.65. The number of halogens is 1. The second-order valence-corrected chi connectivity index (χ2v) is 3.95. The van der Waals surface area contributed by atoms with E-state index in [1.54, 1.807) is 6.07 Å². The SMILES string of the molecule is Cc1cc(CCNC(=O)c2cccc(F)c2)no1. The van der Waals surface area contributed by atoms with Gasteiger partial charge in [-0.2, -0.15) is 0 Å². The molecule has 1 aromatic carbocycles. The van der Waals surface area contributed by atoms with Crippen LogP contribution in [0.3, 0.4) is 0 Å². The van der Waals surface area contributed by atoms with Gasteiger partial charge in [0, 0.05) is 24.6 Å². The van der Waals surface area contributed by atoms with Gasteiger partial charge in [0.05, 0.1) is 5.69 Å². The molecule has 4 nitrogen and oxygen atoms in total. The van der Waals surface area contributed by atoms with Gasteiger partial charge in [-0.05, 0) is 25.1 Å². The number of rotatable bonds is 4. The summed E-state index contributed by atoms with van der Waals surface area (Å²) in [7, 11) is 0. The maximum atomic E-state index is 12.9. The molecule has 0 aliphatic rings. The van der Waals surface area contributed by atoms with Gasteiger partial charge < -0.3 is 9.84 Å². The molecule has 1 N–H and O–H groups in total. The van der Waals surface area contributed by atoms with Gasteiger partial charge in [0.2, 0.25) is 0 Å². The number of aromatic nitrogens is 1. The lowest BCUT2D eigenvalue weighted by atomic mass is 10.2. The smallest absolute Gasteiger partial charge is 0.251 e. The predicted octanol–water partition coefficient (Wildman–Crippen LogP) is 2.09. The van der Waals surface area contributed by atoms with Crippen LogP contribution in [-0.2, 0) is 6.42 Å². The number of nitrogens with one attached hydrogen (secondary N) is 1. The molecule has 0 saturated heterocycles. The Bertz CT molecular complexity index is 551. The third-order valence-electron chi connectivity index (χ3n) is 2.43. The Kier molecular flexibility index (Phi) is 3.72. The number of hydrogen-bond acceptors (Lipinski definition) is 3. The summed E-state index contributed by atoms with van der Waals surface area (Å²) >= 11 is 0. The summed E-state index contributed by atoms with van der Waals surface area (Å²) in [6, 6.07) is 7.39. The van der Waals surface area contributed by atoms with Crippen molar-refractivity contribution in [1.82, 2.24) is 10.5 Å². The maximum Gasteiger partial charge on any atom is 0.251 e. The Morgan fingerprint density at radius 1 is 1.44 bits per heavy atom. The molecular weight excluding hydrogens is 235 g/mol. The monoisotopic (exact) mass is 248 g/mol. The number of amides is 1. The van der Waals surface area contributed by atoms with Gasteiger partial charge in [-0.1, -0.05) is 11.2 Å². The number of benzene rings is 1. The standard InChI is InChI=1S/C13H13FN2O2/c1-9-7-12(16-18-9)5-6-15-13(17)10-3-2-4-11(14)8-10/h2-4,7-8H,5-6H2,1H3,(H,15,17). The highest BCUT2D eigenvalue weighted by Gasteiger charge is 2.06. The minimum Gasteiger partial charge on any atom is -0.361 e. The fourth-order valence-electron chi connectivity index (χ4n) is 1.57. The second-order valence-electron chi connectivity index (χ2n) is 3.95. The van der Waals surface area contributed by atoms with Gasteiger partial charge in [-0.15, -0.1) is 0 Å². The molecule has 0 bridgehead atoms. The Morgan fingerprint density at radius 3 is 2.94 bits per heavy atom. The van der Waals surface area contributed by atoms with E-state index in [-0.39, 0.29) is 5.91 Å². The van der Waals surface area contributed by atoms with Gasteiger partial charge in [0.15, 0.2) is 0 Å². The Balaban J connectivity index is 1.85. The largest absolute Gasteiger partial charge is 0.361 e. The van der Waals surface area contributed by atoms with E-state index in [0.717, 1.165) is 11.5 Å². The van der Waals surface area contributed by atoms with Crippen molar-refractivity contribution in [2.45, 2.75) is 13.3 Å². The van der Waals surface area contributed by atoms with Crippen LogP contribution in [0, 0.1) is 12.7 Å². The van der Waals surface area contributed by atoms with Crippen molar-refractivity contribution in [1.29, 1.82) is 0 Å². The van der Waals surface area contributed by atoms with Crippen molar-refractivity contribution in [2.24, 2.45) is 0 Å². The average molecular weight is 248 g/mol. The fourth-order valence-corrected chi connectivity index (χ4v) is 1.57. The zero-order valence-corrected chi connectivity index (χ0v) is 9.94. The molecule has 0 fully saturated rings. The number of hydrogen-bond donors (Lipinski definition) is 1. The minimum absolute atomic E-state index is 0.297. The van der Waals surface area contributed by atoms with E-state index >= 15 is 0 Å². The summed E-state index contributed by atoms with van der Waals surface area (Å²) in [5.74, 6) is 0.0194. The van der Waals surface area contributed by atoms with E-state index in [9.17, 15) is 9.18 Å². The van der Waals surface area contributed by atoms with Crippen molar-refractivity contribution < 1.29 is 13.7 Å². The van der Waals surface area contributed by atoms with Crippen LogP contribution in [0.5, 0.6) is 0 Å². The van der Waals surface area contributed by atoms with Crippen LogP contribution in [0.1, 0.15) is 21.8 Å². The van der Waals surface area contributed by atoms with E-state index in [1.807, 2.05) is 13.0 Å². The molecule has 1 amide bonds. The van der Waals surface area contributed by atoms with Crippen LogP contribution < -0.4 is 5.32 Å². The highest BCUT2D eigenvalue weighted by atomic mass is 19.1. The highest BCUT2D eigenvalue weighted by Crippen LogP contribution is 2.04. The Labute approximate surface area is 104 Å². The average Bonchev–Trinajstić information content (AvgIpc) is 2.75. The topological polar surface area (TPSA) is 55.1 Å². The van der Waals surface area contributed by atoms with E-state index < -0.39 is 5.82 Å². The summed E-state index contributed by atoms with van der Waals surface area (Å²) in [5.41, 5.74) is 1.10. The van der Waals surface area contributed by atoms with Crippen LogP contribution in [0.25, 0.3) is 0 Å². The molecule has 0 atom stereocenters. The van der Waals surface area contributed by atoms with Crippen molar-refractivity contribution in [3.8, 4) is 0 Å². The minimum atomic E-state index is -0.422. The first kappa shape index (κ1) is 12.3. The predicted molar refractivity (Wildman–Crippen MR) is 63.7 cm³/mol. The zero-order chi connectivity index (χ0) is 13.0. The van der Waals surface area contributed by atoms with Gasteiger partial charge >= 0.3 is 0 Å². The number of carbonyl (C=O) groups excluding carboxylic acids is 1. The van der Waals surface area contributed by atoms with Crippen molar-refractivity contribution in [3.63, 3.8) is 0 Å². The van der Waals surface area contributed by atoms with Gasteiger partial charge in [0.25, 0.3) is 5.91 Å². The first-order valence-electron chi connectivity index (χ1n) is 5.61. The lowest BCUT2D eigenvalue weighted by Gasteiger charge is -2.03. The molecule has 1 aromatic heterocycles. The van der Waals surface area contributed by atoms with Crippen molar-refractivity contribution in [2.75, 3.05) is 6.54 Å². The molecule has 0 unspecified atom stereocenters. The van der Waals surface area contributed by atoms with E-state index in [0.29, 0.717) is 18.5 Å². The Hall–Kier alpha value is -2.17. The van der Waals surface area contributed by atoms with Crippen LogP contribution in [0.15, 0.2) is 34.9 Å². The molecule has 0 aliphatic carbocycles. The van der Waals surface area contributed by atoms with Crippen LogP contribution in [0.4, 0.5) is 4.39 Å². The lowest BCUT2D eigenvalue weighted by Crippen LogP contribution is -2.25. The van der Waals surface area contributed by atoms with Crippen molar-refractivity contribution in [3.05, 3.63) is 53.2 Å². The summed E-state index contributed by atoms with van der Waals surface area (Å²) in [6.45, 7) is 2.24. The molecule has 1 heterocycles. The molecule has 0 spiro atoms. The fraction of sp³-hybridized carbons (Fsp3) is 0.231. The van der Waals surface area contributed by atoms with Crippen LogP contribution >= 0.6 is 0 Å². The molecule has 0 saturated carbocycles. The number of aryl methyl sites for hydroxylation is 1. The third kappa shape index (κ3) is 3.16. The quantitative estimate of drug-likeness (QED) is 0.901. The van der Waals surface area contributed by atoms with E-state index in [2.05, 4.69) is 10.5 Å². The van der Waals surface area contributed by atoms with Gasteiger partial charge in [0.1, 0.15) is 11.6 Å². The second kappa shape index (κ2) is 5.44. The van der Waals surface area contributed by atoms with Gasteiger partial charge in [-0.25, -0.2) is 4.39 Å². The maximum absolute atomic E-state index is 12.9. The first-order valence-corrected chi connectivity index (χ1v) is 5.61. The summed E-state index contributed by atoms with van der Waals surface area (Å²) in [6.07, 6.45) is 0.582. The third-order valence-corrected chi connectivity index (χ3v) is 2.43. The summed E-state index contributed by atoms with van der Waals surface area (Å²) in [4.78, 5) is 11.7. The molecular formula is C13H13FN2O2. The molecule has 18 heavy (non-hydrogen) atoms. The highest BCUT2D eigenvalue weighted by molar-refractivity contribution is 5.94. The number of carbonyl (C=O) groups is 1.